The predicted molar refractivity (Wildman–Crippen MR) is 34.2 cm³/mol. The molecule has 2 nitrogen and oxygen atoms in total. The molecule has 0 amide bonds. The number of nitrogens with zero attached hydrogens (tertiary/aromatic N) is 1. The van der Waals surface area contributed by atoms with Crippen molar-refractivity contribution in [1.29, 1.82) is 0 Å². The summed E-state index contributed by atoms with van der Waals surface area (Å²) in [5, 5.41) is 0. The second kappa shape index (κ2) is 5.06. The highest BCUT2D eigenvalue weighted by Gasteiger charge is 1.86. The maximum absolute atomic E-state index is 5.05. The van der Waals surface area contributed by atoms with Gasteiger partial charge in [-0.3, -0.25) is 4.90 Å². The van der Waals surface area contributed by atoms with E-state index in [2.05, 4.69) is 6.92 Å². The quantitative estimate of drug-likeness (QED) is 0.510. The van der Waals surface area contributed by atoms with Gasteiger partial charge >= 0.3 is 0 Å². The fourth-order valence-electron chi connectivity index (χ4n) is 0.320. The maximum atomic E-state index is 5.05. The predicted octanol–water partition coefficient (Wildman–Crippen LogP) is 1.09. The van der Waals surface area contributed by atoms with E-state index < -0.39 is 0 Å². The molecule has 0 aromatic carbocycles. The Morgan fingerprint density at radius 2 is 2.12 bits per heavy atom. The molecule has 0 saturated heterocycles. The highest BCUT2D eigenvalue weighted by molar-refractivity contribution is 4.42. The first-order chi connectivity index (χ1) is 3.77. The Morgan fingerprint density at radius 1 is 1.50 bits per heavy atom. The Bertz CT molecular complexity index is 45.8. The van der Waals surface area contributed by atoms with Crippen LogP contribution in [0.15, 0.2) is 0 Å². The Hall–Kier alpha value is -0.0800. The van der Waals surface area contributed by atoms with E-state index >= 15 is 0 Å². The molecule has 0 aromatic rings. The van der Waals surface area contributed by atoms with Crippen molar-refractivity contribution >= 4 is 0 Å². The summed E-state index contributed by atoms with van der Waals surface area (Å²) < 4.78 is 5.05. The van der Waals surface area contributed by atoms with E-state index in [1.807, 2.05) is 19.0 Å². The molecule has 0 N–H and O–H groups in total. The third kappa shape index (κ3) is 5.92. The molecule has 49 valence electrons. The van der Waals surface area contributed by atoms with Crippen molar-refractivity contribution in [1.82, 2.24) is 4.90 Å². The van der Waals surface area contributed by atoms with Crippen molar-refractivity contribution < 1.29 is 4.74 Å². The number of rotatable bonds is 4. The van der Waals surface area contributed by atoms with Crippen molar-refractivity contribution in [2.75, 3.05) is 20.7 Å². The van der Waals surface area contributed by atoms with Crippen LogP contribution in [0.3, 0.4) is 0 Å². The van der Waals surface area contributed by atoms with Gasteiger partial charge in [0, 0.05) is 6.61 Å². The summed E-state index contributed by atoms with van der Waals surface area (Å²) in [6, 6.07) is 0. The highest BCUT2D eigenvalue weighted by Crippen LogP contribution is 1.86. The van der Waals surface area contributed by atoms with Crippen LogP contribution in [0.5, 0.6) is 0 Å². The lowest BCUT2D eigenvalue weighted by Crippen LogP contribution is -2.09. The van der Waals surface area contributed by atoms with E-state index in [0.717, 1.165) is 13.0 Å². The zero-order chi connectivity index (χ0) is 6.41. The molecule has 1 radical (unpaired) electrons. The van der Waals surface area contributed by atoms with Gasteiger partial charge in [0.25, 0.3) is 0 Å². The summed E-state index contributed by atoms with van der Waals surface area (Å²) in [6.07, 6.45) is 1.07. The number of ether oxygens (including phenoxy) is 1. The zero-order valence-electron chi connectivity index (χ0n) is 5.85. The standard InChI is InChI=1S/C6H14NO/c1-4-5-8-6-7(2)3/h6H,4-5H2,1-3H3. The minimum atomic E-state index is 0.818. The van der Waals surface area contributed by atoms with Crippen molar-refractivity contribution in [2.45, 2.75) is 13.3 Å². The monoisotopic (exact) mass is 116 g/mol. The second-order valence-electron chi connectivity index (χ2n) is 1.94. The molecule has 0 heterocycles. The van der Waals surface area contributed by atoms with Crippen LogP contribution < -0.4 is 0 Å². The van der Waals surface area contributed by atoms with Gasteiger partial charge in [0.15, 0.2) is 0 Å². The van der Waals surface area contributed by atoms with Crippen LogP contribution in [-0.2, 0) is 4.74 Å². The molecule has 0 aromatic heterocycles. The molecule has 0 unspecified atom stereocenters. The molecule has 0 atom stereocenters. The number of hydrogen-bond donors (Lipinski definition) is 0. The first kappa shape index (κ1) is 7.92. The molecule has 0 saturated carbocycles. The summed E-state index contributed by atoms with van der Waals surface area (Å²) in [6.45, 7) is 4.62. The lowest BCUT2D eigenvalue weighted by molar-refractivity contribution is 0.128. The molecule has 0 fully saturated rings. The largest absolute Gasteiger partial charge is 0.359 e. The molecular weight excluding hydrogens is 102 g/mol. The third-order valence-corrected chi connectivity index (χ3v) is 0.607. The van der Waals surface area contributed by atoms with Crippen molar-refractivity contribution in [2.24, 2.45) is 0 Å². The van der Waals surface area contributed by atoms with Crippen molar-refractivity contribution in [3.8, 4) is 0 Å². The van der Waals surface area contributed by atoms with Gasteiger partial charge in [0.05, 0.1) is 0 Å². The number of hydrogen-bond acceptors (Lipinski definition) is 2. The molecule has 0 spiro atoms. The summed E-state index contributed by atoms with van der Waals surface area (Å²) in [4.78, 5) is 1.88. The Kier molecular flexibility index (Phi) is 5.01. The highest BCUT2D eigenvalue weighted by atomic mass is 16.5. The van der Waals surface area contributed by atoms with Crippen LogP contribution in [0.2, 0.25) is 0 Å². The van der Waals surface area contributed by atoms with Crippen LogP contribution in [-0.4, -0.2) is 25.6 Å². The SMILES string of the molecule is CCCO[CH]N(C)C. The van der Waals surface area contributed by atoms with Crippen LogP contribution >= 0.6 is 0 Å². The van der Waals surface area contributed by atoms with E-state index in [0.29, 0.717) is 0 Å². The Balaban J connectivity index is 2.72. The van der Waals surface area contributed by atoms with Crippen LogP contribution in [0.25, 0.3) is 0 Å². The molecule has 0 aliphatic heterocycles. The smallest absolute Gasteiger partial charge is 0.150 e. The van der Waals surface area contributed by atoms with Crippen molar-refractivity contribution in [3.05, 3.63) is 6.73 Å². The van der Waals surface area contributed by atoms with Crippen LogP contribution in [0.1, 0.15) is 13.3 Å². The van der Waals surface area contributed by atoms with E-state index in [-0.39, 0.29) is 0 Å². The average molecular weight is 116 g/mol. The van der Waals surface area contributed by atoms with Gasteiger partial charge in [0.2, 0.25) is 0 Å². The summed E-state index contributed by atoms with van der Waals surface area (Å²) in [5.74, 6) is 0. The minimum Gasteiger partial charge on any atom is -0.359 e. The van der Waals surface area contributed by atoms with Gasteiger partial charge in [-0.1, -0.05) is 6.92 Å². The van der Waals surface area contributed by atoms with Gasteiger partial charge in [-0.2, -0.15) is 0 Å². The van der Waals surface area contributed by atoms with Gasteiger partial charge in [0.1, 0.15) is 6.73 Å². The Morgan fingerprint density at radius 3 is 2.50 bits per heavy atom. The molecule has 0 aliphatic rings. The third-order valence-electron chi connectivity index (χ3n) is 0.607. The maximum Gasteiger partial charge on any atom is 0.150 e. The molecule has 8 heavy (non-hydrogen) atoms. The van der Waals surface area contributed by atoms with Gasteiger partial charge in [-0.15, -0.1) is 0 Å². The lowest BCUT2D eigenvalue weighted by atomic mass is 10.5. The average Bonchev–Trinajstić information content (AvgIpc) is 1.66. The van der Waals surface area contributed by atoms with Gasteiger partial charge in [-0.25, -0.2) is 0 Å². The molecule has 0 rings (SSSR count). The fraction of sp³-hybridized carbons (Fsp3) is 0.833. The summed E-state index contributed by atoms with van der Waals surface area (Å²) >= 11 is 0. The van der Waals surface area contributed by atoms with E-state index in [9.17, 15) is 0 Å². The topological polar surface area (TPSA) is 12.5 Å². The normalized spacial score (nSPS) is 10.5. The lowest BCUT2D eigenvalue weighted by Gasteiger charge is -2.06. The fourth-order valence-corrected chi connectivity index (χ4v) is 0.320. The molecular formula is C6H14NO. The van der Waals surface area contributed by atoms with Gasteiger partial charge in [-0.05, 0) is 20.5 Å². The minimum absolute atomic E-state index is 0.818. The zero-order valence-corrected chi connectivity index (χ0v) is 5.85. The van der Waals surface area contributed by atoms with E-state index in [1.54, 1.807) is 6.73 Å². The molecule has 2 heteroatoms. The molecule has 0 bridgehead atoms. The van der Waals surface area contributed by atoms with E-state index in [1.165, 1.54) is 0 Å². The van der Waals surface area contributed by atoms with Crippen molar-refractivity contribution in [3.63, 3.8) is 0 Å². The van der Waals surface area contributed by atoms with E-state index in [4.69, 9.17) is 4.74 Å². The summed E-state index contributed by atoms with van der Waals surface area (Å²) in [5.41, 5.74) is 0. The van der Waals surface area contributed by atoms with Crippen LogP contribution in [0.4, 0.5) is 0 Å². The second-order valence-corrected chi connectivity index (χ2v) is 1.94. The molecule has 0 aliphatic carbocycles. The van der Waals surface area contributed by atoms with Crippen LogP contribution in [0, 0.1) is 6.73 Å². The Labute approximate surface area is 51.4 Å². The van der Waals surface area contributed by atoms with Gasteiger partial charge < -0.3 is 4.74 Å². The first-order valence-electron chi connectivity index (χ1n) is 2.88. The first-order valence-corrected chi connectivity index (χ1v) is 2.88. The summed E-state index contributed by atoms with van der Waals surface area (Å²) in [7, 11) is 3.88.